The van der Waals surface area contributed by atoms with Crippen molar-refractivity contribution in [2.45, 2.75) is 64.2 Å². The van der Waals surface area contributed by atoms with Gasteiger partial charge in [0.2, 0.25) is 0 Å². The molecule has 0 unspecified atom stereocenters. The summed E-state index contributed by atoms with van der Waals surface area (Å²) in [4.78, 5) is 0. The third kappa shape index (κ3) is 4.21. The minimum Gasteiger partial charge on any atom is -0.207 e. The number of allylic oxidation sites excluding steroid dienone is 2. The normalized spacial score (nSPS) is 33.2. The lowest BCUT2D eigenvalue weighted by atomic mass is 9.77. The van der Waals surface area contributed by atoms with Gasteiger partial charge in [0.05, 0.1) is 0 Å². The molecule has 0 N–H and O–H groups in total. The Bertz CT molecular complexity index is 471. The first kappa shape index (κ1) is 15.8. The minimum absolute atomic E-state index is 0.123. The molecule has 2 saturated carbocycles. The molecule has 0 nitrogen and oxygen atoms in total. The second-order valence-electron chi connectivity index (χ2n) is 7.57. The van der Waals surface area contributed by atoms with Gasteiger partial charge in [-0.15, -0.1) is 0 Å². The maximum Gasteiger partial charge on any atom is 0.123 e. The summed E-state index contributed by atoms with van der Waals surface area (Å²) >= 11 is 0. The van der Waals surface area contributed by atoms with E-state index in [9.17, 15) is 4.39 Å². The van der Waals surface area contributed by atoms with Crippen molar-refractivity contribution in [1.82, 2.24) is 0 Å². The van der Waals surface area contributed by atoms with Crippen LogP contribution in [0.3, 0.4) is 0 Å². The van der Waals surface area contributed by atoms with Crippen LogP contribution in [0.25, 0.3) is 0 Å². The Morgan fingerprint density at radius 1 is 0.773 bits per heavy atom. The number of rotatable bonds is 3. The zero-order valence-corrected chi connectivity index (χ0v) is 13.8. The summed E-state index contributed by atoms with van der Waals surface area (Å²) in [6, 6.07) is 7.15. The van der Waals surface area contributed by atoms with Crippen molar-refractivity contribution >= 4 is 0 Å². The fourth-order valence-corrected chi connectivity index (χ4v) is 4.17. The smallest absolute Gasteiger partial charge is 0.123 e. The summed E-state index contributed by atoms with van der Waals surface area (Å²) in [5.41, 5.74) is 1.32. The Balaban J connectivity index is 1.46. The Hall–Kier alpha value is -1.11. The Labute approximate surface area is 134 Å². The highest BCUT2D eigenvalue weighted by molar-refractivity contribution is 5.21. The fraction of sp³-hybridized carbons (Fsp3) is 0.619. The highest BCUT2D eigenvalue weighted by Gasteiger charge is 2.21. The predicted octanol–water partition coefficient (Wildman–Crippen LogP) is 6.48. The highest BCUT2D eigenvalue weighted by Crippen LogP contribution is 2.37. The van der Waals surface area contributed by atoms with Gasteiger partial charge in [-0.2, -0.15) is 0 Å². The van der Waals surface area contributed by atoms with Gasteiger partial charge in [0, 0.05) is 0 Å². The van der Waals surface area contributed by atoms with Gasteiger partial charge in [0.15, 0.2) is 0 Å². The maximum atomic E-state index is 13.0. The number of hydrogen-bond donors (Lipinski definition) is 0. The van der Waals surface area contributed by atoms with Gasteiger partial charge in [-0.3, -0.25) is 0 Å². The fourth-order valence-electron chi connectivity index (χ4n) is 4.17. The Morgan fingerprint density at radius 2 is 1.27 bits per heavy atom. The molecule has 0 bridgehead atoms. The van der Waals surface area contributed by atoms with Gasteiger partial charge >= 0.3 is 0 Å². The topological polar surface area (TPSA) is 0 Å². The molecule has 1 heteroatoms. The van der Waals surface area contributed by atoms with Gasteiger partial charge in [0.25, 0.3) is 0 Å². The molecule has 0 spiro atoms. The molecule has 0 radical (unpaired) electrons. The SMILES string of the molecule is CC1CCC(/C=C/C2CCC(c3ccc(F)cc3)CC2)CC1. The van der Waals surface area contributed by atoms with Crippen LogP contribution in [0.2, 0.25) is 0 Å². The molecular formula is C21H29F. The molecule has 3 rings (SSSR count). The number of benzene rings is 1. The molecule has 22 heavy (non-hydrogen) atoms. The monoisotopic (exact) mass is 300 g/mol. The highest BCUT2D eigenvalue weighted by atomic mass is 19.1. The molecule has 0 aromatic heterocycles. The lowest BCUT2D eigenvalue weighted by molar-refractivity contribution is 0.327. The molecular weight excluding hydrogens is 271 g/mol. The van der Waals surface area contributed by atoms with E-state index in [1.165, 1.54) is 56.9 Å². The standard InChI is InChI=1S/C21H29F/c1-16-2-4-17(5-3-16)6-7-18-8-10-19(11-9-18)20-12-14-21(22)15-13-20/h6-7,12-19H,2-5,8-11H2,1H3/b7-6+. The van der Waals surface area contributed by atoms with Crippen molar-refractivity contribution in [3.05, 3.63) is 47.8 Å². The van der Waals surface area contributed by atoms with Crippen molar-refractivity contribution in [2.24, 2.45) is 17.8 Å². The molecule has 0 heterocycles. The molecule has 0 saturated heterocycles. The van der Waals surface area contributed by atoms with Crippen LogP contribution in [0, 0.1) is 23.6 Å². The van der Waals surface area contributed by atoms with E-state index in [1.54, 1.807) is 12.1 Å². The molecule has 2 fully saturated rings. The van der Waals surface area contributed by atoms with Crippen molar-refractivity contribution in [3.63, 3.8) is 0 Å². The first-order valence-corrected chi connectivity index (χ1v) is 9.14. The Kier molecular flexibility index (Phi) is 5.33. The van der Waals surface area contributed by atoms with E-state index in [2.05, 4.69) is 19.1 Å². The van der Waals surface area contributed by atoms with Crippen molar-refractivity contribution in [3.8, 4) is 0 Å². The van der Waals surface area contributed by atoms with Crippen LogP contribution in [-0.2, 0) is 0 Å². The summed E-state index contributed by atoms with van der Waals surface area (Å²) in [6.45, 7) is 2.39. The van der Waals surface area contributed by atoms with Gasteiger partial charge in [0.1, 0.15) is 5.82 Å². The van der Waals surface area contributed by atoms with E-state index in [-0.39, 0.29) is 5.82 Å². The Morgan fingerprint density at radius 3 is 1.82 bits per heavy atom. The molecule has 2 aliphatic carbocycles. The molecule has 0 atom stereocenters. The largest absolute Gasteiger partial charge is 0.207 e. The number of hydrogen-bond acceptors (Lipinski definition) is 0. The van der Waals surface area contributed by atoms with E-state index in [0.717, 1.165) is 17.8 Å². The zero-order valence-electron chi connectivity index (χ0n) is 13.8. The predicted molar refractivity (Wildman–Crippen MR) is 91.4 cm³/mol. The third-order valence-corrected chi connectivity index (χ3v) is 5.83. The lowest BCUT2D eigenvalue weighted by Crippen LogP contribution is -2.13. The second kappa shape index (κ2) is 7.44. The van der Waals surface area contributed by atoms with E-state index in [1.807, 2.05) is 12.1 Å². The summed E-state index contributed by atoms with van der Waals surface area (Å²) in [6.07, 6.45) is 15.7. The van der Waals surface area contributed by atoms with Crippen molar-refractivity contribution < 1.29 is 4.39 Å². The second-order valence-corrected chi connectivity index (χ2v) is 7.57. The molecule has 0 aliphatic heterocycles. The first-order chi connectivity index (χ1) is 10.7. The number of halogens is 1. The van der Waals surface area contributed by atoms with Crippen LogP contribution < -0.4 is 0 Å². The molecule has 2 aliphatic rings. The summed E-state index contributed by atoms with van der Waals surface area (Å²) < 4.78 is 13.0. The van der Waals surface area contributed by atoms with E-state index < -0.39 is 0 Å². The lowest BCUT2D eigenvalue weighted by Gasteiger charge is -2.28. The molecule has 120 valence electrons. The van der Waals surface area contributed by atoms with Crippen LogP contribution in [0.1, 0.15) is 69.8 Å². The van der Waals surface area contributed by atoms with Crippen LogP contribution in [0.4, 0.5) is 4.39 Å². The zero-order chi connectivity index (χ0) is 15.4. The quantitative estimate of drug-likeness (QED) is 0.560. The summed E-state index contributed by atoms with van der Waals surface area (Å²) in [5.74, 6) is 3.07. The van der Waals surface area contributed by atoms with Crippen molar-refractivity contribution in [2.75, 3.05) is 0 Å². The molecule has 1 aromatic rings. The average Bonchev–Trinajstić information content (AvgIpc) is 2.56. The van der Waals surface area contributed by atoms with E-state index in [0.29, 0.717) is 5.92 Å². The molecule has 1 aromatic carbocycles. The van der Waals surface area contributed by atoms with Gasteiger partial charge in [-0.1, -0.05) is 44.1 Å². The van der Waals surface area contributed by atoms with E-state index in [4.69, 9.17) is 0 Å². The molecule has 0 amide bonds. The van der Waals surface area contributed by atoms with Gasteiger partial charge < -0.3 is 0 Å². The maximum absolute atomic E-state index is 13.0. The van der Waals surface area contributed by atoms with Crippen LogP contribution in [0.5, 0.6) is 0 Å². The van der Waals surface area contributed by atoms with Crippen molar-refractivity contribution in [1.29, 1.82) is 0 Å². The van der Waals surface area contributed by atoms with E-state index >= 15 is 0 Å². The van der Waals surface area contributed by atoms with Crippen LogP contribution in [0.15, 0.2) is 36.4 Å². The third-order valence-electron chi connectivity index (χ3n) is 5.83. The van der Waals surface area contributed by atoms with Crippen LogP contribution in [-0.4, -0.2) is 0 Å². The average molecular weight is 300 g/mol. The van der Waals surface area contributed by atoms with Gasteiger partial charge in [-0.05, 0) is 79.9 Å². The minimum atomic E-state index is -0.123. The summed E-state index contributed by atoms with van der Waals surface area (Å²) in [7, 11) is 0. The first-order valence-electron chi connectivity index (χ1n) is 9.14. The van der Waals surface area contributed by atoms with Crippen LogP contribution >= 0.6 is 0 Å². The summed E-state index contributed by atoms with van der Waals surface area (Å²) in [5, 5.41) is 0. The van der Waals surface area contributed by atoms with Gasteiger partial charge in [-0.25, -0.2) is 4.39 Å².